The van der Waals surface area contributed by atoms with Gasteiger partial charge in [0.25, 0.3) is 5.69 Å². The normalized spacial score (nSPS) is 12.1. The summed E-state index contributed by atoms with van der Waals surface area (Å²) in [4.78, 5) is 10.6. The summed E-state index contributed by atoms with van der Waals surface area (Å²) >= 11 is 0. The summed E-state index contributed by atoms with van der Waals surface area (Å²) in [5, 5.41) is 11.0. The van der Waals surface area contributed by atoms with Gasteiger partial charge in [0.2, 0.25) is 0 Å². The molecule has 0 fully saturated rings. The molecule has 0 aliphatic heterocycles. The van der Waals surface area contributed by atoms with E-state index in [1.54, 1.807) is 12.1 Å². The van der Waals surface area contributed by atoms with Gasteiger partial charge in [0, 0.05) is 18.2 Å². The first-order valence-corrected chi connectivity index (χ1v) is 7.04. The Hall–Kier alpha value is -2.20. The topological polar surface area (TPSA) is 69.2 Å². The van der Waals surface area contributed by atoms with Crippen molar-refractivity contribution in [2.75, 3.05) is 0 Å². The second kappa shape index (κ2) is 6.50. The summed E-state index contributed by atoms with van der Waals surface area (Å²) in [6.45, 7) is 3.85. The highest BCUT2D eigenvalue weighted by atomic mass is 16.6. The van der Waals surface area contributed by atoms with E-state index in [9.17, 15) is 10.1 Å². The lowest BCUT2D eigenvalue weighted by Crippen LogP contribution is -2.14. The molecule has 2 N–H and O–H groups in total. The Morgan fingerprint density at radius 2 is 1.86 bits per heavy atom. The number of nitro groups is 1. The summed E-state index contributed by atoms with van der Waals surface area (Å²) in [5.74, 6) is 0. The fourth-order valence-electron chi connectivity index (χ4n) is 2.48. The van der Waals surface area contributed by atoms with Crippen molar-refractivity contribution in [1.82, 2.24) is 0 Å². The van der Waals surface area contributed by atoms with E-state index in [1.807, 2.05) is 32.0 Å². The lowest BCUT2D eigenvalue weighted by molar-refractivity contribution is -0.385. The third-order valence-electron chi connectivity index (χ3n) is 3.89. The highest BCUT2D eigenvalue weighted by Crippen LogP contribution is 2.27. The molecule has 0 saturated heterocycles. The van der Waals surface area contributed by atoms with Crippen LogP contribution in [0.3, 0.4) is 0 Å². The van der Waals surface area contributed by atoms with Crippen LogP contribution in [0.2, 0.25) is 0 Å². The highest BCUT2D eigenvalue weighted by Gasteiger charge is 2.16. The summed E-state index contributed by atoms with van der Waals surface area (Å²) < 4.78 is 0. The van der Waals surface area contributed by atoms with Crippen LogP contribution >= 0.6 is 0 Å². The van der Waals surface area contributed by atoms with E-state index in [0.29, 0.717) is 0 Å². The molecule has 2 aromatic rings. The molecule has 0 saturated carbocycles. The van der Waals surface area contributed by atoms with E-state index in [2.05, 4.69) is 12.1 Å². The molecule has 0 aromatic heterocycles. The molecule has 0 amide bonds. The molecule has 2 rings (SSSR count). The number of hydrogen-bond acceptors (Lipinski definition) is 3. The Bertz CT molecular complexity index is 639. The molecule has 0 aliphatic carbocycles. The third-order valence-corrected chi connectivity index (χ3v) is 3.89. The van der Waals surface area contributed by atoms with Gasteiger partial charge >= 0.3 is 0 Å². The largest absolute Gasteiger partial charge is 0.324 e. The van der Waals surface area contributed by atoms with Crippen molar-refractivity contribution in [2.24, 2.45) is 5.73 Å². The van der Waals surface area contributed by atoms with Crippen LogP contribution in [-0.2, 0) is 6.42 Å². The number of aryl methyl sites for hydroxylation is 2. The standard InChI is InChI=1S/C17H20N2O2/c1-12-10-15(19(20)21)11-16(13(12)2)17(18)9-8-14-6-4-3-5-7-14/h3-7,10-11,17H,8-9,18H2,1-2H3. The molecule has 2 aromatic carbocycles. The Kier molecular flexibility index (Phi) is 4.70. The number of benzene rings is 2. The molecule has 4 nitrogen and oxygen atoms in total. The average Bonchev–Trinajstić information content (AvgIpc) is 2.48. The van der Waals surface area contributed by atoms with Crippen molar-refractivity contribution in [1.29, 1.82) is 0 Å². The highest BCUT2D eigenvalue weighted by molar-refractivity contribution is 5.46. The quantitative estimate of drug-likeness (QED) is 0.669. The smallest absolute Gasteiger partial charge is 0.270 e. The summed E-state index contributed by atoms with van der Waals surface area (Å²) in [7, 11) is 0. The maximum atomic E-state index is 11.0. The van der Waals surface area contributed by atoms with E-state index in [0.717, 1.165) is 29.5 Å². The molecule has 4 heteroatoms. The third kappa shape index (κ3) is 3.67. The van der Waals surface area contributed by atoms with E-state index in [-0.39, 0.29) is 16.7 Å². The van der Waals surface area contributed by atoms with Crippen LogP contribution in [0.1, 0.15) is 34.7 Å². The molecule has 0 spiro atoms. The van der Waals surface area contributed by atoms with Gasteiger partial charge in [-0.2, -0.15) is 0 Å². The van der Waals surface area contributed by atoms with Gasteiger partial charge in [-0.3, -0.25) is 10.1 Å². The SMILES string of the molecule is Cc1cc([N+](=O)[O-])cc(C(N)CCc2ccccc2)c1C. The molecule has 1 unspecified atom stereocenters. The summed E-state index contributed by atoms with van der Waals surface area (Å²) in [6.07, 6.45) is 1.63. The maximum absolute atomic E-state index is 11.0. The van der Waals surface area contributed by atoms with Gasteiger partial charge in [-0.1, -0.05) is 30.3 Å². The Balaban J connectivity index is 2.18. The predicted molar refractivity (Wildman–Crippen MR) is 84.3 cm³/mol. The number of nitrogens with zero attached hydrogens (tertiary/aromatic N) is 1. The molecule has 21 heavy (non-hydrogen) atoms. The monoisotopic (exact) mass is 284 g/mol. The Labute approximate surface area is 124 Å². The van der Waals surface area contributed by atoms with Crippen LogP contribution < -0.4 is 5.73 Å². The van der Waals surface area contributed by atoms with Crippen molar-refractivity contribution >= 4 is 5.69 Å². The Morgan fingerprint density at radius 3 is 2.48 bits per heavy atom. The fourth-order valence-corrected chi connectivity index (χ4v) is 2.48. The molecule has 110 valence electrons. The minimum Gasteiger partial charge on any atom is -0.324 e. The van der Waals surface area contributed by atoms with Crippen molar-refractivity contribution in [3.8, 4) is 0 Å². The van der Waals surface area contributed by atoms with Gasteiger partial charge < -0.3 is 5.73 Å². The van der Waals surface area contributed by atoms with E-state index >= 15 is 0 Å². The molecule has 0 aliphatic rings. The zero-order chi connectivity index (χ0) is 15.4. The van der Waals surface area contributed by atoms with Crippen molar-refractivity contribution in [3.05, 3.63) is 74.8 Å². The van der Waals surface area contributed by atoms with Gasteiger partial charge in [-0.25, -0.2) is 0 Å². The zero-order valence-corrected chi connectivity index (χ0v) is 12.4. The van der Waals surface area contributed by atoms with E-state index in [1.165, 1.54) is 5.56 Å². The first kappa shape index (κ1) is 15.2. The average molecular weight is 284 g/mol. The van der Waals surface area contributed by atoms with Gasteiger partial charge in [-0.15, -0.1) is 0 Å². The minimum atomic E-state index is -0.361. The first-order chi connectivity index (χ1) is 9.99. The molecular weight excluding hydrogens is 264 g/mol. The van der Waals surface area contributed by atoms with Crippen molar-refractivity contribution in [2.45, 2.75) is 32.7 Å². The predicted octanol–water partition coefficient (Wildman–Crippen LogP) is 3.84. The van der Waals surface area contributed by atoms with Crippen molar-refractivity contribution < 1.29 is 4.92 Å². The minimum absolute atomic E-state index is 0.114. The van der Waals surface area contributed by atoms with Crippen LogP contribution in [-0.4, -0.2) is 4.92 Å². The van der Waals surface area contributed by atoms with E-state index in [4.69, 9.17) is 5.73 Å². The molecule has 1 atom stereocenters. The second-order valence-corrected chi connectivity index (χ2v) is 5.36. The number of non-ortho nitro benzene ring substituents is 1. The van der Waals surface area contributed by atoms with Crippen LogP contribution in [0, 0.1) is 24.0 Å². The molecule has 0 radical (unpaired) electrons. The summed E-state index contributed by atoms with van der Waals surface area (Å²) in [5.41, 5.74) is 10.4. The first-order valence-electron chi connectivity index (χ1n) is 7.04. The summed E-state index contributed by atoms with van der Waals surface area (Å²) in [6, 6.07) is 13.1. The molecule has 0 heterocycles. The zero-order valence-electron chi connectivity index (χ0n) is 12.4. The lowest BCUT2D eigenvalue weighted by Gasteiger charge is -2.16. The lowest BCUT2D eigenvalue weighted by atomic mass is 9.93. The van der Waals surface area contributed by atoms with Crippen LogP contribution in [0.25, 0.3) is 0 Å². The van der Waals surface area contributed by atoms with Crippen LogP contribution in [0.5, 0.6) is 0 Å². The van der Waals surface area contributed by atoms with Gasteiger partial charge in [-0.05, 0) is 48.9 Å². The number of nitrogens with two attached hydrogens (primary N) is 1. The molecule has 0 bridgehead atoms. The second-order valence-electron chi connectivity index (χ2n) is 5.36. The maximum Gasteiger partial charge on any atom is 0.270 e. The van der Waals surface area contributed by atoms with E-state index < -0.39 is 0 Å². The van der Waals surface area contributed by atoms with Crippen LogP contribution in [0.15, 0.2) is 42.5 Å². The van der Waals surface area contributed by atoms with Crippen molar-refractivity contribution in [3.63, 3.8) is 0 Å². The number of nitro benzene ring substituents is 1. The number of rotatable bonds is 5. The van der Waals surface area contributed by atoms with Gasteiger partial charge in [0.15, 0.2) is 0 Å². The number of hydrogen-bond donors (Lipinski definition) is 1. The van der Waals surface area contributed by atoms with Crippen LogP contribution in [0.4, 0.5) is 5.69 Å². The van der Waals surface area contributed by atoms with Gasteiger partial charge in [0.05, 0.1) is 4.92 Å². The molecular formula is C17H20N2O2. The fraction of sp³-hybridized carbons (Fsp3) is 0.294. The van der Waals surface area contributed by atoms with Gasteiger partial charge in [0.1, 0.15) is 0 Å². The Morgan fingerprint density at radius 1 is 1.19 bits per heavy atom.